The summed E-state index contributed by atoms with van der Waals surface area (Å²) in [7, 11) is -4.14. The molecule has 3 rings (SSSR count). The summed E-state index contributed by atoms with van der Waals surface area (Å²) in [6.07, 6.45) is -2.45. The van der Waals surface area contributed by atoms with Gasteiger partial charge >= 0.3 is 6.18 Å². The third-order valence-electron chi connectivity index (χ3n) is 3.47. The molecule has 1 aliphatic carbocycles. The van der Waals surface area contributed by atoms with Crippen LogP contribution in [-0.2, 0) is 16.0 Å². The van der Waals surface area contributed by atoms with E-state index in [9.17, 15) is 21.6 Å². The van der Waals surface area contributed by atoms with Gasteiger partial charge in [-0.15, -0.1) is 5.10 Å². The molecule has 22 heavy (non-hydrogen) atoms. The molecule has 2 aromatic rings. The Morgan fingerprint density at radius 3 is 2.41 bits per heavy atom. The lowest BCUT2D eigenvalue weighted by Crippen LogP contribution is -2.15. The Labute approximate surface area is 123 Å². The van der Waals surface area contributed by atoms with Gasteiger partial charge < -0.3 is 0 Å². The van der Waals surface area contributed by atoms with Crippen LogP contribution in [0.15, 0.2) is 17.0 Å². The first kappa shape index (κ1) is 14.9. The van der Waals surface area contributed by atoms with Crippen LogP contribution >= 0.6 is 0 Å². The van der Waals surface area contributed by atoms with Crippen LogP contribution in [0.5, 0.6) is 0 Å². The summed E-state index contributed by atoms with van der Waals surface area (Å²) >= 11 is 0. The number of nitrogens with zero attached hydrogens (tertiary/aromatic N) is 3. The van der Waals surface area contributed by atoms with E-state index in [0.29, 0.717) is 5.56 Å². The maximum absolute atomic E-state index is 13.2. The van der Waals surface area contributed by atoms with Crippen LogP contribution in [0.1, 0.15) is 29.9 Å². The number of aromatic nitrogens is 4. The predicted molar refractivity (Wildman–Crippen MR) is 69.7 cm³/mol. The monoisotopic (exact) mass is 332 g/mol. The van der Waals surface area contributed by atoms with Crippen molar-refractivity contribution in [3.05, 3.63) is 23.3 Å². The van der Waals surface area contributed by atoms with E-state index in [4.69, 9.17) is 0 Å². The summed E-state index contributed by atoms with van der Waals surface area (Å²) in [5, 5.41) is 12.6. The topological polar surface area (TPSA) is 88.6 Å². The number of H-pyrrole nitrogens is 1. The fraction of sp³-hybridized carbons (Fsp3) is 0.417. The highest BCUT2D eigenvalue weighted by atomic mass is 32.2. The van der Waals surface area contributed by atoms with Crippen molar-refractivity contribution in [3.63, 3.8) is 0 Å². The summed E-state index contributed by atoms with van der Waals surface area (Å²) in [5.41, 5.74) is -0.761. The van der Waals surface area contributed by atoms with Gasteiger partial charge in [0.15, 0.2) is 15.7 Å². The molecule has 0 atom stereocenters. The third kappa shape index (κ3) is 2.58. The second-order valence-electron chi connectivity index (χ2n) is 5.20. The lowest BCUT2D eigenvalue weighted by Gasteiger charge is -2.17. The summed E-state index contributed by atoms with van der Waals surface area (Å²) in [4.78, 5) is -0.775. The van der Waals surface area contributed by atoms with Crippen LogP contribution in [0.3, 0.4) is 0 Å². The molecule has 0 radical (unpaired) electrons. The highest BCUT2D eigenvalue weighted by Gasteiger charge is 2.41. The van der Waals surface area contributed by atoms with Crippen molar-refractivity contribution >= 4 is 9.84 Å². The van der Waals surface area contributed by atoms with Crippen molar-refractivity contribution in [1.29, 1.82) is 0 Å². The molecule has 0 saturated heterocycles. The van der Waals surface area contributed by atoms with Gasteiger partial charge in [0.2, 0.25) is 0 Å². The SMILES string of the molecule is CS(=O)(=O)c1c(C(F)(F)F)ccc(C2CC2)c1-c1nnn[nH]1. The van der Waals surface area contributed by atoms with E-state index in [2.05, 4.69) is 20.6 Å². The van der Waals surface area contributed by atoms with Gasteiger partial charge in [-0.1, -0.05) is 6.07 Å². The van der Waals surface area contributed by atoms with Crippen molar-refractivity contribution in [2.45, 2.75) is 29.8 Å². The summed E-state index contributed by atoms with van der Waals surface area (Å²) in [5.74, 6) is -0.0451. The molecule has 10 heteroatoms. The van der Waals surface area contributed by atoms with E-state index in [1.807, 2.05) is 0 Å². The molecule has 118 valence electrons. The number of halogens is 3. The van der Waals surface area contributed by atoms with Crippen LogP contribution < -0.4 is 0 Å². The number of aromatic amines is 1. The van der Waals surface area contributed by atoms with Gasteiger partial charge in [0.05, 0.1) is 10.5 Å². The predicted octanol–water partition coefficient (Wildman–Crippen LogP) is 2.17. The van der Waals surface area contributed by atoms with Crippen molar-refractivity contribution < 1.29 is 21.6 Å². The molecule has 1 fully saturated rings. The Morgan fingerprint density at radius 2 is 1.95 bits per heavy atom. The zero-order valence-corrected chi connectivity index (χ0v) is 12.2. The first-order valence-corrected chi connectivity index (χ1v) is 8.27. The smallest absolute Gasteiger partial charge is 0.239 e. The number of hydrogen-bond donors (Lipinski definition) is 1. The Hall–Kier alpha value is -1.97. The van der Waals surface area contributed by atoms with Gasteiger partial charge in [-0.25, -0.2) is 13.5 Å². The molecule has 0 amide bonds. The summed E-state index contributed by atoms with van der Waals surface area (Å²) in [6.45, 7) is 0. The molecule has 1 aliphatic rings. The van der Waals surface area contributed by atoms with Gasteiger partial charge in [0.25, 0.3) is 0 Å². The molecule has 0 bridgehead atoms. The zero-order valence-electron chi connectivity index (χ0n) is 11.3. The molecule has 1 heterocycles. The van der Waals surface area contributed by atoms with Crippen LogP contribution in [0.25, 0.3) is 11.4 Å². The van der Waals surface area contributed by atoms with Crippen molar-refractivity contribution in [3.8, 4) is 11.4 Å². The zero-order chi connectivity index (χ0) is 16.1. The van der Waals surface area contributed by atoms with E-state index in [1.165, 1.54) is 6.07 Å². The van der Waals surface area contributed by atoms with Crippen LogP contribution in [0.2, 0.25) is 0 Å². The fourth-order valence-electron chi connectivity index (χ4n) is 2.45. The molecule has 0 spiro atoms. The van der Waals surface area contributed by atoms with Gasteiger partial charge in [-0.2, -0.15) is 13.2 Å². The molecule has 0 unspecified atom stereocenters. The number of alkyl halides is 3. The normalized spacial score (nSPS) is 16.0. The van der Waals surface area contributed by atoms with Crippen LogP contribution in [0.4, 0.5) is 13.2 Å². The Bertz CT molecular complexity index is 812. The minimum absolute atomic E-state index is 0.0304. The quantitative estimate of drug-likeness (QED) is 0.930. The molecule has 1 aromatic carbocycles. The summed E-state index contributed by atoms with van der Waals surface area (Å²) in [6, 6.07) is 2.13. The van der Waals surface area contributed by atoms with Gasteiger partial charge in [-0.3, -0.25) is 0 Å². The number of sulfone groups is 1. The first-order chi connectivity index (χ1) is 10.2. The largest absolute Gasteiger partial charge is 0.417 e. The Kier molecular flexibility index (Phi) is 3.24. The third-order valence-corrected chi connectivity index (χ3v) is 4.63. The maximum Gasteiger partial charge on any atom is 0.417 e. The number of rotatable bonds is 3. The number of nitrogens with one attached hydrogen (secondary N) is 1. The van der Waals surface area contributed by atoms with Crippen molar-refractivity contribution in [2.24, 2.45) is 0 Å². The van der Waals surface area contributed by atoms with Gasteiger partial charge in [-0.05, 0) is 40.8 Å². The fourth-order valence-corrected chi connectivity index (χ4v) is 3.62. The minimum atomic E-state index is -4.79. The first-order valence-electron chi connectivity index (χ1n) is 6.38. The molecular weight excluding hydrogens is 321 g/mol. The molecule has 6 nitrogen and oxygen atoms in total. The molecule has 0 aliphatic heterocycles. The van der Waals surface area contributed by atoms with Crippen LogP contribution in [-0.4, -0.2) is 35.3 Å². The van der Waals surface area contributed by atoms with Crippen LogP contribution in [0, 0.1) is 0 Å². The Morgan fingerprint density at radius 1 is 1.27 bits per heavy atom. The standard InChI is InChI=1S/C12H11F3N4O2S/c1-22(20,21)10-8(12(13,14)15)5-4-7(6-2-3-6)9(10)11-16-18-19-17-11/h4-6H,2-3H2,1H3,(H,16,17,18,19). The van der Waals surface area contributed by atoms with Gasteiger partial charge in [0, 0.05) is 11.8 Å². The molecular formula is C12H11F3N4O2S. The van der Waals surface area contributed by atoms with E-state index < -0.39 is 26.5 Å². The van der Waals surface area contributed by atoms with Crippen molar-refractivity contribution in [1.82, 2.24) is 20.6 Å². The second kappa shape index (κ2) is 4.77. The number of hydrogen-bond acceptors (Lipinski definition) is 5. The molecule has 1 saturated carbocycles. The molecule has 1 N–H and O–H groups in total. The number of tetrazole rings is 1. The highest BCUT2D eigenvalue weighted by molar-refractivity contribution is 7.91. The lowest BCUT2D eigenvalue weighted by molar-refractivity contribution is -0.139. The van der Waals surface area contributed by atoms with E-state index in [1.54, 1.807) is 0 Å². The van der Waals surface area contributed by atoms with Crippen molar-refractivity contribution in [2.75, 3.05) is 6.26 Å². The lowest BCUT2D eigenvalue weighted by atomic mass is 9.99. The number of benzene rings is 1. The van der Waals surface area contributed by atoms with E-state index in [-0.39, 0.29) is 17.3 Å². The Balaban J connectivity index is 2.41. The second-order valence-corrected chi connectivity index (χ2v) is 7.15. The summed E-state index contributed by atoms with van der Waals surface area (Å²) < 4.78 is 63.7. The minimum Gasteiger partial charge on any atom is -0.239 e. The average Bonchev–Trinajstić information content (AvgIpc) is 3.10. The average molecular weight is 332 g/mol. The van der Waals surface area contributed by atoms with E-state index >= 15 is 0 Å². The molecule has 1 aromatic heterocycles. The highest BCUT2D eigenvalue weighted by Crippen LogP contribution is 2.48. The van der Waals surface area contributed by atoms with E-state index in [0.717, 1.165) is 25.2 Å². The maximum atomic E-state index is 13.2. The van der Waals surface area contributed by atoms with Gasteiger partial charge in [0.1, 0.15) is 0 Å².